The fourth-order valence-corrected chi connectivity index (χ4v) is 2.73. The molecular weight excluding hydrogens is 268 g/mol. The first-order valence-electron chi connectivity index (χ1n) is 6.16. The Labute approximate surface area is 114 Å². The standard InChI is InChI=1S/C11H16N4O3S/c1-2-7-14-15-10(19-7)12-9(18)13-11(4-3-5-11)6-8(16)17/h2-6H2,1H3,(H,16,17)(H2,12,13,15,18). The third-order valence-corrected chi connectivity index (χ3v) is 4.15. The molecule has 7 nitrogen and oxygen atoms in total. The van der Waals surface area contributed by atoms with E-state index in [4.69, 9.17) is 5.11 Å². The molecule has 0 spiro atoms. The summed E-state index contributed by atoms with van der Waals surface area (Å²) in [5.74, 6) is -0.899. The number of amides is 2. The molecule has 0 radical (unpaired) electrons. The van der Waals surface area contributed by atoms with Gasteiger partial charge in [0.2, 0.25) is 5.13 Å². The minimum Gasteiger partial charge on any atom is -0.481 e. The first kappa shape index (κ1) is 13.7. The molecule has 0 aliphatic heterocycles. The lowest BCUT2D eigenvalue weighted by Gasteiger charge is -2.41. The van der Waals surface area contributed by atoms with Gasteiger partial charge in [-0.15, -0.1) is 10.2 Å². The molecule has 2 amide bonds. The molecule has 1 aliphatic rings. The predicted molar refractivity (Wildman–Crippen MR) is 70.3 cm³/mol. The molecule has 1 saturated carbocycles. The summed E-state index contributed by atoms with van der Waals surface area (Å²) in [6.07, 6.45) is 3.05. The number of anilines is 1. The Balaban J connectivity index is 1.91. The van der Waals surface area contributed by atoms with Gasteiger partial charge in [-0.05, 0) is 25.7 Å². The van der Waals surface area contributed by atoms with Crippen molar-refractivity contribution in [3.8, 4) is 0 Å². The van der Waals surface area contributed by atoms with E-state index in [1.165, 1.54) is 11.3 Å². The first-order chi connectivity index (χ1) is 9.03. The van der Waals surface area contributed by atoms with Gasteiger partial charge in [-0.25, -0.2) is 4.79 Å². The van der Waals surface area contributed by atoms with E-state index < -0.39 is 17.5 Å². The Morgan fingerprint density at radius 2 is 2.16 bits per heavy atom. The minimum atomic E-state index is -0.899. The largest absolute Gasteiger partial charge is 0.481 e. The van der Waals surface area contributed by atoms with Crippen molar-refractivity contribution < 1.29 is 14.7 Å². The van der Waals surface area contributed by atoms with Gasteiger partial charge in [0.15, 0.2) is 0 Å². The fraction of sp³-hybridized carbons (Fsp3) is 0.636. The van der Waals surface area contributed by atoms with E-state index in [1.54, 1.807) is 0 Å². The number of carbonyl (C=O) groups is 2. The highest BCUT2D eigenvalue weighted by atomic mass is 32.1. The number of carboxylic acid groups (broad SMARTS) is 1. The zero-order valence-corrected chi connectivity index (χ0v) is 11.4. The molecule has 104 valence electrons. The van der Waals surface area contributed by atoms with Gasteiger partial charge < -0.3 is 10.4 Å². The second kappa shape index (κ2) is 5.52. The van der Waals surface area contributed by atoms with Crippen LogP contribution in [0.4, 0.5) is 9.93 Å². The number of aryl methyl sites for hydroxylation is 1. The lowest BCUT2D eigenvalue weighted by atomic mass is 9.74. The normalized spacial score (nSPS) is 16.5. The van der Waals surface area contributed by atoms with Crippen LogP contribution in [0.15, 0.2) is 0 Å². The van der Waals surface area contributed by atoms with Gasteiger partial charge in [0.1, 0.15) is 5.01 Å². The molecule has 8 heteroatoms. The number of carboxylic acids is 1. The molecule has 0 bridgehead atoms. The Hall–Kier alpha value is -1.70. The Bertz CT molecular complexity index is 484. The third kappa shape index (κ3) is 3.40. The van der Waals surface area contributed by atoms with E-state index in [1.807, 2.05) is 6.92 Å². The molecule has 2 rings (SSSR count). The van der Waals surface area contributed by atoms with Crippen LogP contribution in [0, 0.1) is 0 Å². The topological polar surface area (TPSA) is 104 Å². The highest BCUT2D eigenvalue weighted by molar-refractivity contribution is 7.15. The van der Waals surface area contributed by atoms with Crippen molar-refractivity contribution in [2.75, 3.05) is 5.32 Å². The van der Waals surface area contributed by atoms with Crippen LogP contribution >= 0.6 is 11.3 Å². The number of rotatable bonds is 5. The van der Waals surface area contributed by atoms with Gasteiger partial charge in [-0.3, -0.25) is 10.1 Å². The van der Waals surface area contributed by atoms with Crippen molar-refractivity contribution >= 4 is 28.5 Å². The van der Waals surface area contributed by atoms with Crippen molar-refractivity contribution in [1.29, 1.82) is 0 Å². The van der Waals surface area contributed by atoms with Crippen LogP contribution in [0.3, 0.4) is 0 Å². The Morgan fingerprint density at radius 1 is 1.42 bits per heavy atom. The second-order valence-electron chi connectivity index (χ2n) is 4.64. The molecule has 0 unspecified atom stereocenters. The van der Waals surface area contributed by atoms with Crippen molar-refractivity contribution in [2.45, 2.75) is 44.6 Å². The fourth-order valence-electron chi connectivity index (χ4n) is 2.06. The predicted octanol–water partition coefficient (Wildman–Crippen LogP) is 1.62. The smallest absolute Gasteiger partial charge is 0.321 e. The molecule has 1 aromatic rings. The van der Waals surface area contributed by atoms with Crippen LogP contribution in [0.5, 0.6) is 0 Å². The van der Waals surface area contributed by atoms with E-state index in [0.717, 1.165) is 17.8 Å². The van der Waals surface area contributed by atoms with Crippen LogP contribution in [-0.4, -0.2) is 32.8 Å². The number of carbonyl (C=O) groups excluding carboxylic acids is 1. The van der Waals surface area contributed by atoms with Gasteiger partial charge >= 0.3 is 12.0 Å². The van der Waals surface area contributed by atoms with Gasteiger partial charge in [0.05, 0.1) is 12.0 Å². The molecule has 1 aromatic heterocycles. The maximum Gasteiger partial charge on any atom is 0.321 e. The number of urea groups is 1. The van der Waals surface area contributed by atoms with E-state index in [9.17, 15) is 9.59 Å². The number of aromatic nitrogens is 2. The molecule has 0 atom stereocenters. The van der Waals surface area contributed by atoms with Crippen LogP contribution in [0.2, 0.25) is 0 Å². The lowest BCUT2D eigenvalue weighted by Crippen LogP contribution is -2.55. The number of hydrogen-bond acceptors (Lipinski definition) is 5. The number of nitrogens with one attached hydrogen (secondary N) is 2. The van der Waals surface area contributed by atoms with Crippen LogP contribution in [0.1, 0.15) is 37.6 Å². The molecule has 3 N–H and O–H groups in total. The molecule has 19 heavy (non-hydrogen) atoms. The van der Waals surface area contributed by atoms with E-state index in [0.29, 0.717) is 18.0 Å². The van der Waals surface area contributed by atoms with E-state index >= 15 is 0 Å². The second-order valence-corrected chi connectivity index (χ2v) is 5.70. The number of nitrogens with zero attached hydrogens (tertiary/aromatic N) is 2. The van der Waals surface area contributed by atoms with Crippen molar-refractivity contribution in [2.24, 2.45) is 0 Å². The summed E-state index contributed by atoms with van der Waals surface area (Å²) in [5.41, 5.74) is -0.603. The summed E-state index contributed by atoms with van der Waals surface area (Å²) < 4.78 is 0. The van der Waals surface area contributed by atoms with Crippen LogP contribution < -0.4 is 10.6 Å². The van der Waals surface area contributed by atoms with E-state index in [2.05, 4.69) is 20.8 Å². The van der Waals surface area contributed by atoms with Crippen molar-refractivity contribution in [3.05, 3.63) is 5.01 Å². The minimum absolute atomic E-state index is 0.0449. The van der Waals surface area contributed by atoms with Gasteiger partial charge in [-0.1, -0.05) is 18.3 Å². The maximum absolute atomic E-state index is 11.8. The van der Waals surface area contributed by atoms with Crippen molar-refractivity contribution in [1.82, 2.24) is 15.5 Å². The quantitative estimate of drug-likeness (QED) is 0.762. The summed E-state index contributed by atoms with van der Waals surface area (Å²) in [5, 5.41) is 23.2. The maximum atomic E-state index is 11.8. The highest BCUT2D eigenvalue weighted by Crippen LogP contribution is 2.35. The zero-order chi connectivity index (χ0) is 13.9. The summed E-state index contributed by atoms with van der Waals surface area (Å²) in [6, 6.07) is -0.417. The molecule has 1 aliphatic carbocycles. The average molecular weight is 284 g/mol. The van der Waals surface area contributed by atoms with Gasteiger partial charge in [0, 0.05) is 0 Å². The van der Waals surface area contributed by atoms with Gasteiger partial charge in [-0.2, -0.15) is 0 Å². The lowest BCUT2D eigenvalue weighted by molar-refractivity contribution is -0.139. The molecule has 0 saturated heterocycles. The number of hydrogen-bond donors (Lipinski definition) is 3. The summed E-state index contributed by atoms with van der Waals surface area (Å²) in [7, 11) is 0. The van der Waals surface area contributed by atoms with Crippen LogP contribution in [0.25, 0.3) is 0 Å². The van der Waals surface area contributed by atoms with Gasteiger partial charge in [0.25, 0.3) is 0 Å². The molecular formula is C11H16N4O3S. The third-order valence-electron chi connectivity index (χ3n) is 3.17. The summed E-state index contributed by atoms with van der Waals surface area (Å²) >= 11 is 1.32. The zero-order valence-electron chi connectivity index (χ0n) is 10.6. The molecule has 0 aromatic carbocycles. The van der Waals surface area contributed by atoms with Crippen molar-refractivity contribution in [3.63, 3.8) is 0 Å². The average Bonchev–Trinajstić information content (AvgIpc) is 2.73. The molecule has 1 fully saturated rings. The highest BCUT2D eigenvalue weighted by Gasteiger charge is 2.40. The summed E-state index contributed by atoms with van der Waals surface area (Å²) in [4.78, 5) is 22.6. The summed E-state index contributed by atoms with van der Waals surface area (Å²) in [6.45, 7) is 1.96. The Morgan fingerprint density at radius 3 is 2.63 bits per heavy atom. The SMILES string of the molecule is CCc1nnc(NC(=O)NC2(CC(=O)O)CCC2)s1. The van der Waals surface area contributed by atoms with E-state index in [-0.39, 0.29) is 6.42 Å². The van der Waals surface area contributed by atoms with Crippen LogP contribution in [-0.2, 0) is 11.2 Å². The monoisotopic (exact) mass is 284 g/mol. The first-order valence-corrected chi connectivity index (χ1v) is 6.98. The Kier molecular flexibility index (Phi) is 3.98. The number of aliphatic carboxylic acids is 1. The molecule has 1 heterocycles.